The quantitative estimate of drug-likeness (QED) is 0.776. The number of furan rings is 2. The van der Waals surface area contributed by atoms with Gasteiger partial charge in [-0.25, -0.2) is 9.59 Å². The minimum absolute atomic E-state index is 0.0538. The monoisotopic (exact) mass is 370 g/mol. The van der Waals surface area contributed by atoms with Crippen molar-refractivity contribution in [2.75, 3.05) is 6.61 Å². The summed E-state index contributed by atoms with van der Waals surface area (Å²) in [6.45, 7) is -0.475. The molecule has 116 valence electrons. The topological polar surface area (TPSA) is 111 Å². The van der Waals surface area contributed by atoms with Gasteiger partial charge in [-0.2, -0.15) is 0 Å². The molecule has 8 nitrogen and oxygen atoms in total. The first-order valence-electron chi connectivity index (χ1n) is 6.07. The third-order valence-electron chi connectivity index (χ3n) is 2.36. The Morgan fingerprint density at radius 1 is 1.23 bits per heavy atom. The number of rotatable bonds is 5. The lowest BCUT2D eigenvalue weighted by Crippen LogP contribution is -2.41. The maximum atomic E-state index is 11.5. The lowest BCUT2D eigenvalue weighted by atomic mass is 10.4. The average Bonchev–Trinajstić information content (AvgIpc) is 3.14. The van der Waals surface area contributed by atoms with E-state index in [4.69, 9.17) is 13.6 Å². The minimum Gasteiger partial charge on any atom is -0.467 e. The van der Waals surface area contributed by atoms with Crippen LogP contribution >= 0.6 is 15.9 Å². The van der Waals surface area contributed by atoms with E-state index in [2.05, 4.69) is 21.2 Å². The molecule has 2 heterocycles. The molecule has 0 saturated carbocycles. The summed E-state index contributed by atoms with van der Waals surface area (Å²) in [5.74, 6) is -1.09. The molecule has 0 aliphatic heterocycles. The second kappa shape index (κ2) is 7.46. The largest absolute Gasteiger partial charge is 0.467 e. The van der Waals surface area contributed by atoms with Crippen molar-refractivity contribution in [2.24, 2.45) is 0 Å². The zero-order chi connectivity index (χ0) is 15.9. The Kier molecular flexibility index (Phi) is 5.37. The molecular formula is C13H11BrN2O6. The summed E-state index contributed by atoms with van der Waals surface area (Å²) in [5.41, 5.74) is 0. The molecule has 2 aromatic rings. The number of halogens is 1. The minimum atomic E-state index is -0.808. The van der Waals surface area contributed by atoms with Crippen LogP contribution in [0.15, 0.2) is 44.0 Å². The summed E-state index contributed by atoms with van der Waals surface area (Å²) in [5, 5.41) is 4.42. The van der Waals surface area contributed by atoms with Gasteiger partial charge in [-0.3, -0.25) is 10.1 Å². The van der Waals surface area contributed by atoms with E-state index in [1.807, 2.05) is 5.32 Å². The third kappa shape index (κ3) is 4.77. The van der Waals surface area contributed by atoms with Crippen molar-refractivity contribution in [3.8, 4) is 0 Å². The first-order chi connectivity index (χ1) is 10.5. The number of hydrogen-bond donors (Lipinski definition) is 2. The Labute approximate surface area is 132 Å². The Hall–Kier alpha value is -2.55. The number of hydrogen-bond acceptors (Lipinski definition) is 6. The normalized spacial score (nSPS) is 10.0. The molecule has 2 rings (SSSR count). The van der Waals surface area contributed by atoms with Gasteiger partial charge in [0.15, 0.2) is 11.3 Å². The van der Waals surface area contributed by atoms with Crippen LogP contribution in [-0.2, 0) is 16.1 Å². The Morgan fingerprint density at radius 2 is 2.05 bits per heavy atom. The molecule has 9 heteroatoms. The molecule has 0 aliphatic rings. The van der Waals surface area contributed by atoms with Gasteiger partial charge in [0, 0.05) is 0 Å². The van der Waals surface area contributed by atoms with Crippen molar-refractivity contribution in [3.63, 3.8) is 0 Å². The van der Waals surface area contributed by atoms with Crippen LogP contribution in [0.25, 0.3) is 0 Å². The smallest absolute Gasteiger partial charge is 0.374 e. The fourth-order valence-corrected chi connectivity index (χ4v) is 1.72. The van der Waals surface area contributed by atoms with Gasteiger partial charge in [0.05, 0.1) is 12.8 Å². The molecule has 2 N–H and O–H groups in total. The van der Waals surface area contributed by atoms with Gasteiger partial charge >= 0.3 is 12.0 Å². The summed E-state index contributed by atoms with van der Waals surface area (Å²) >= 11 is 3.03. The molecule has 0 spiro atoms. The zero-order valence-electron chi connectivity index (χ0n) is 11.1. The van der Waals surface area contributed by atoms with Crippen LogP contribution in [0.3, 0.4) is 0 Å². The Morgan fingerprint density at radius 3 is 2.68 bits per heavy atom. The first-order valence-corrected chi connectivity index (χ1v) is 6.86. The molecule has 3 amide bonds. The summed E-state index contributed by atoms with van der Waals surface area (Å²) < 4.78 is 15.0. The van der Waals surface area contributed by atoms with Gasteiger partial charge in [-0.1, -0.05) is 0 Å². The van der Waals surface area contributed by atoms with Gasteiger partial charge < -0.3 is 18.9 Å². The highest BCUT2D eigenvalue weighted by Gasteiger charge is 2.15. The standard InChI is InChI=1S/C13H11BrN2O6/c14-10-4-3-9(22-10)12(18)21-7-11(17)16-13(19)15-6-8-2-1-5-20-8/h1-5H,6-7H2,(H2,15,16,17,19). The van der Waals surface area contributed by atoms with Crippen molar-refractivity contribution in [1.82, 2.24) is 10.6 Å². The van der Waals surface area contributed by atoms with Crippen LogP contribution in [0.4, 0.5) is 4.79 Å². The number of carbonyl (C=O) groups excluding carboxylic acids is 3. The number of amides is 3. The average molecular weight is 371 g/mol. The summed E-state index contributed by atoms with van der Waals surface area (Å²) in [4.78, 5) is 34.4. The van der Waals surface area contributed by atoms with Crippen molar-refractivity contribution in [1.29, 1.82) is 0 Å². The second-order valence-corrected chi connectivity index (χ2v) is 4.77. The lowest BCUT2D eigenvalue weighted by Gasteiger charge is -2.05. The van der Waals surface area contributed by atoms with Crippen LogP contribution in [0, 0.1) is 0 Å². The maximum Gasteiger partial charge on any atom is 0.374 e. The fraction of sp³-hybridized carbons (Fsp3) is 0.154. The molecule has 0 aromatic carbocycles. The maximum absolute atomic E-state index is 11.5. The van der Waals surface area contributed by atoms with Crippen LogP contribution in [0.2, 0.25) is 0 Å². The van der Waals surface area contributed by atoms with E-state index in [-0.39, 0.29) is 12.3 Å². The molecule has 0 saturated heterocycles. The SMILES string of the molecule is O=C(COC(=O)c1ccc(Br)o1)NC(=O)NCc1ccco1. The number of ether oxygens (including phenoxy) is 1. The van der Waals surface area contributed by atoms with Crippen LogP contribution < -0.4 is 10.6 Å². The molecule has 0 fully saturated rings. The molecule has 2 aromatic heterocycles. The highest BCUT2D eigenvalue weighted by molar-refractivity contribution is 9.10. The zero-order valence-corrected chi connectivity index (χ0v) is 12.7. The summed E-state index contributed by atoms with van der Waals surface area (Å²) in [7, 11) is 0. The van der Waals surface area contributed by atoms with Crippen LogP contribution in [0.5, 0.6) is 0 Å². The highest BCUT2D eigenvalue weighted by atomic mass is 79.9. The molecular weight excluding hydrogens is 360 g/mol. The van der Waals surface area contributed by atoms with Gasteiger partial charge in [0.1, 0.15) is 5.76 Å². The van der Waals surface area contributed by atoms with E-state index in [0.717, 1.165) is 0 Å². The second-order valence-electron chi connectivity index (χ2n) is 3.99. The molecule has 0 unspecified atom stereocenters. The van der Waals surface area contributed by atoms with E-state index >= 15 is 0 Å². The number of esters is 1. The first kappa shape index (κ1) is 15.8. The van der Waals surface area contributed by atoms with Gasteiger partial charge in [0.2, 0.25) is 5.76 Å². The van der Waals surface area contributed by atoms with Crippen molar-refractivity contribution < 1.29 is 28.0 Å². The van der Waals surface area contributed by atoms with E-state index in [0.29, 0.717) is 10.4 Å². The van der Waals surface area contributed by atoms with Crippen LogP contribution in [0.1, 0.15) is 16.3 Å². The fourth-order valence-electron chi connectivity index (χ4n) is 1.41. The summed E-state index contributed by atoms with van der Waals surface area (Å²) in [6.07, 6.45) is 1.46. The molecule has 0 atom stereocenters. The van der Waals surface area contributed by atoms with Gasteiger partial charge in [-0.15, -0.1) is 0 Å². The number of urea groups is 1. The molecule has 0 radical (unpaired) electrons. The molecule has 0 bridgehead atoms. The lowest BCUT2D eigenvalue weighted by molar-refractivity contribution is -0.123. The summed E-state index contributed by atoms with van der Waals surface area (Å²) in [6, 6.07) is 5.52. The Balaban J connectivity index is 1.68. The number of nitrogens with one attached hydrogen (secondary N) is 2. The molecule has 0 aliphatic carbocycles. The van der Waals surface area contributed by atoms with E-state index < -0.39 is 24.5 Å². The van der Waals surface area contributed by atoms with E-state index in [9.17, 15) is 14.4 Å². The van der Waals surface area contributed by atoms with Gasteiger partial charge in [-0.05, 0) is 40.2 Å². The van der Waals surface area contributed by atoms with E-state index in [1.54, 1.807) is 12.1 Å². The number of imide groups is 1. The predicted octanol–water partition coefficient (Wildman–Crippen LogP) is 1.82. The van der Waals surface area contributed by atoms with Crippen molar-refractivity contribution in [3.05, 3.63) is 46.7 Å². The van der Waals surface area contributed by atoms with Crippen molar-refractivity contribution >= 4 is 33.8 Å². The molecule has 22 heavy (non-hydrogen) atoms. The Bertz CT molecular complexity index is 664. The van der Waals surface area contributed by atoms with Gasteiger partial charge in [0.25, 0.3) is 5.91 Å². The third-order valence-corrected chi connectivity index (χ3v) is 2.79. The number of carbonyl (C=O) groups is 3. The highest BCUT2D eigenvalue weighted by Crippen LogP contribution is 2.14. The van der Waals surface area contributed by atoms with Crippen LogP contribution in [-0.4, -0.2) is 24.5 Å². The van der Waals surface area contributed by atoms with E-state index in [1.165, 1.54) is 18.4 Å². The predicted molar refractivity (Wildman–Crippen MR) is 75.8 cm³/mol. The van der Waals surface area contributed by atoms with Crippen molar-refractivity contribution in [2.45, 2.75) is 6.54 Å².